The molecule has 0 atom stereocenters. The van der Waals surface area contributed by atoms with Gasteiger partial charge in [-0.3, -0.25) is 19.7 Å². The Kier molecular flexibility index (Phi) is 5.09. The number of fused-ring (bicyclic) bond motifs is 1. The molecule has 7 heteroatoms. The maximum atomic E-state index is 13.4. The summed E-state index contributed by atoms with van der Waals surface area (Å²) >= 11 is 0. The van der Waals surface area contributed by atoms with Crippen LogP contribution in [0.5, 0.6) is 0 Å². The molecule has 0 bridgehead atoms. The van der Waals surface area contributed by atoms with Crippen LogP contribution in [0.3, 0.4) is 0 Å². The summed E-state index contributed by atoms with van der Waals surface area (Å²) in [6.45, 7) is 0.135. The molecule has 0 fully saturated rings. The zero-order valence-corrected chi connectivity index (χ0v) is 15.8. The molecule has 0 spiro atoms. The van der Waals surface area contributed by atoms with E-state index in [1.165, 1.54) is 29.2 Å². The molecule has 4 rings (SSSR count). The van der Waals surface area contributed by atoms with Crippen molar-refractivity contribution >= 4 is 28.2 Å². The number of anilines is 1. The minimum atomic E-state index is -0.534. The molecule has 148 valence electrons. The van der Waals surface area contributed by atoms with E-state index in [-0.39, 0.29) is 23.4 Å². The number of aromatic nitrogens is 1. The van der Waals surface area contributed by atoms with Gasteiger partial charge in [0, 0.05) is 40.4 Å². The number of carbonyl (C=O) groups is 1. The van der Waals surface area contributed by atoms with Crippen molar-refractivity contribution in [3.05, 3.63) is 117 Å². The monoisotopic (exact) mass is 399 g/mol. The average Bonchev–Trinajstić information content (AvgIpc) is 2.77. The van der Waals surface area contributed by atoms with E-state index >= 15 is 0 Å². The fraction of sp³-hybridized carbons (Fsp3) is 0.0435. The Hall–Kier alpha value is -4.26. The number of benzene rings is 3. The zero-order chi connectivity index (χ0) is 21.1. The molecule has 0 radical (unpaired) electrons. The number of nitro groups is 1. The van der Waals surface area contributed by atoms with E-state index in [1.807, 2.05) is 24.3 Å². The first-order chi connectivity index (χ1) is 14.5. The van der Waals surface area contributed by atoms with E-state index in [2.05, 4.69) is 4.98 Å². The van der Waals surface area contributed by atoms with Gasteiger partial charge < -0.3 is 9.88 Å². The number of rotatable bonds is 5. The first kappa shape index (κ1) is 19.1. The Balaban J connectivity index is 1.81. The van der Waals surface area contributed by atoms with Crippen molar-refractivity contribution in [2.75, 3.05) is 4.90 Å². The van der Waals surface area contributed by atoms with Crippen LogP contribution in [0, 0.1) is 10.1 Å². The normalized spacial score (nSPS) is 10.7. The smallest absolute Gasteiger partial charge is 0.270 e. The molecule has 0 saturated heterocycles. The van der Waals surface area contributed by atoms with Gasteiger partial charge in [-0.25, -0.2) is 0 Å². The van der Waals surface area contributed by atoms with Gasteiger partial charge in [0.15, 0.2) is 0 Å². The van der Waals surface area contributed by atoms with Crippen LogP contribution in [-0.4, -0.2) is 15.8 Å². The van der Waals surface area contributed by atoms with Gasteiger partial charge in [0.1, 0.15) is 0 Å². The summed E-state index contributed by atoms with van der Waals surface area (Å²) in [6.07, 6.45) is 0. The second-order valence-corrected chi connectivity index (χ2v) is 6.74. The van der Waals surface area contributed by atoms with Gasteiger partial charge in [-0.15, -0.1) is 0 Å². The summed E-state index contributed by atoms with van der Waals surface area (Å²) in [5.41, 5.74) is 1.75. The van der Waals surface area contributed by atoms with Crippen molar-refractivity contribution < 1.29 is 9.72 Å². The molecule has 0 aliphatic heterocycles. The van der Waals surface area contributed by atoms with Gasteiger partial charge in [0.2, 0.25) is 5.56 Å². The minimum Gasteiger partial charge on any atom is -0.322 e. The molecule has 1 heterocycles. The van der Waals surface area contributed by atoms with Crippen LogP contribution in [0.2, 0.25) is 0 Å². The number of amides is 1. The van der Waals surface area contributed by atoms with Crippen molar-refractivity contribution in [1.29, 1.82) is 0 Å². The van der Waals surface area contributed by atoms with Crippen LogP contribution < -0.4 is 10.5 Å². The third-order valence-corrected chi connectivity index (χ3v) is 4.78. The predicted molar refractivity (Wildman–Crippen MR) is 115 cm³/mol. The van der Waals surface area contributed by atoms with E-state index in [9.17, 15) is 19.7 Å². The Morgan fingerprint density at radius 3 is 2.43 bits per heavy atom. The lowest BCUT2D eigenvalue weighted by Crippen LogP contribution is -2.31. The third-order valence-electron chi connectivity index (χ3n) is 4.78. The maximum Gasteiger partial charge on any atom is 0.270 e. The minimum absolute atomic E-state index is 0.135. The summed E-state index contributed by atoms with van der Waals surface area (Å²) in [4.78, 5) is 40.4. The van der Waals surface area contributed by atoms with Crippen LogP contribution >= 0.6 is 0 Å². The molecule has 30 heavy (non-hydrogen) atoms. The highest BCUT2D eigenvalue weighted by Crippen LogP contribution is 2.24. The van der Waals surface area contributed by atoms with Crippen LogP contribution in [0.1, 0.15) is 15.9 Å². The van der Waals surface area contributed by atoms with Crippen LogP contribution in [0.15, 0.2) is 89.7 Å². The molecule has 0 saturated carbocycles. The van der Waals surface area contributed by atoms with Gasteiger partial charge in [-0.1, -0.05) is 42.5 Å². The first-order valence-corrected chi connectivity index (χ1v) is 9.25. The number of H-pyrrole nitrogens is 1. The number of carbonyl (C=O) groups excluding carboxylic acids is 1. The lowest BCUT2D eigenvalue weighted by molar-refractivity contribution is -0.384. The van der Waals surface area contributed by atoms with E-state index in [0.29, 0.717) is 16.8 Å². The number of hydrogen-bond donors (Lipinski definition) is 1. The number of non-ortho nitro benzene ring substituents is 1. The van der Waals surface area contributed by atoms with Gasteiger partial charge in [-0.2, -0.15) is 0 Å². The Bertz CT molecular complexity index is 1300. The summed E-state index contributed by atoms with van der Waals surface area (Å²) in [6, 6.07) is 23.5. The van der Waals surface area contributed by atoms with Crippen molar-refractivity contribution in [1.82, 2.24) is 4.98 Å². The molecule has 1 aromatic heterocycles. The second kappa shape index (κ2) is 8.00. The third kappa shape index (κ3) is 3.81. The predicted octanol–water partition coefficient (Wildman–Crippen LogP) is 4.28. The summed E-state index contributed by atoms with van der Waals surface area (Å²) in [5, 5.41) is 12.0. The van der Waals surface area contributed by atoms with Crippen molar-refractivity contribution in [2.45, 2.75) is 6.54 Å². The molecule has 1 N–H and O–H groups in total. The lowest BCUT2D eigenvalue weighted by Gasteiger charge is -2.24. The number of nitrogens with zero attached hydrogens (tertiary/aromatic N) is 2. The quantitative estimate of drug-likeness (QED) is 0.400. The van der Waals surface area contributed by atoms with Crippen molar-refractivity contribution in [2.24, 2.45) is 0 Å². The Labute approximate surface area is 171 Å². The van der Waals surface area contributed by atoms with Crippen molar-refractivity contribution in [3.8, 4) is 0 Å². The van der Waals surface area contributed by atoms with E-state index in [1.54, 1.807) is 36.4 Å². The standard InChI is InChI=1S/C23H17N3O4/c27-22-14-17(20-11-4-5-12-21(20)24-22)15-25(18-8-2-1-3-9-18)23(28)16-7-6-10-19(13-16)26(29)30/h1-14H,15H2,(H,24,27). The fourth-order valence-corrected chi connectivity index (χ4v) is 3.37. The SMILES string of the molecule is O=C(c1cccc([N+](=O)[O-])c1)N(Cc1cc(=O)[nH]c2ccccc12)c1ccccc1. The number of hydrogen-bond acceptors (Lipinski definition) is 4. The van der Waals surface area contributed by atoms with Gasteiger partial charge in [-0.05, 0) is 29.8 Å². The lowest BCUT2D eigenvalue weighted by atomic mass is 10.1. The van der Waals surface area contributed by atoms with E-state index in [4.69, 9.17) is 0 Å². The van der Waals surface area contributed by atoms with Crippen LogP contribution in [0.4, 0.5) is 11.4 Å². The molecule has 4 aromatic rings. The molecule has 7 nitrogen and oxygen atoms in total. The molecular formula is C23H17N3O4. The molecule has 0 aliphatic rings. The maximum absolute atomic E-state index is 13.4. The summed E-state index contributed by atoms with van der Waals surface area (Å²) in [7, 11) is 0. The molecule has 0 unspecified atom stereocenters. The van der Waals surface area contributed by atoms with Gasteiger partial charge >= 0.3 is 0 Å². The van der Waals surface area contributed by atoms with E-state index < -0.39 is 10.8 Å². The van der Waals surface area contributed by atoms with Crippen LogP contribution in [0.25, 0.3) is 10.9 Å². The Morgan fingerprint density at radius 2 is 1.67 bits per heavy atom. The Morgan fingerprint density at radius 1 is 0.933 bits per heavy atom. The number of nitro benzene ring substituents is 1. The molecule has 3 aromatic carbocycles. The second-order valence-electron chi connectivity index (χ2n) is 6.74. The van der Waals surface area contributed by atoms with Gasteiger partial charge in [0.05, 0.1) is 11.5 Å². The topological polar surface area (TPSA) is 96.3 Å². The van der Waals surface area contributed by atoms with Gasteiger partial charge in [0.25, 0.3) is 11.6 Å². The number of para-hydroxylation sites is 2. The largest absolute Gasteiger partial charge is 0.322 e. The molecule has 0 aliphatic carbocycles. The van der Waals surface area contributed by atoms with Crippen LogP contribution in [-0.2, 0) is 6.54 Å². The average molecular weight is 399 g/mol. The molecular weight excluding hydrogens is 382 g/mol. The number of aromatic amines is 1. The summed E-state index contributed by atoms with van der Waals surface area (Å²) in [5.74, 6) is -0.394. The highest BCUT2D eigenvalue weighted by molar-refractivity contribution is 6.06. The van der Waals surface area contributed by atoms with Crippen molar-refractivity contribution in [3.63, 3.8) is 0 Å². The highest BCUT2D eigenvalue weighted by atomic mass is 16.6. The zero-order valence-electron chi connectivity index (χ0n) is 15.8. The first-order valence-electron chi connectivity index (χ1n) is 9.25. The summed E-state index contributed by atoms with van der Waals surface area (Å²) < 4.78 is 0. The highest BCUT2D eigenvalue weighted by Gasteiger charge is 2.21. The van der Waals surface area contributed by atoms with E-state index in [0.717, 1.165) is 5.39 Å². The number of nitrogens with one attached hydrogen (secondary N) is 1. The molecule has 1 amide bonds. The fourth-order valence-electron chi connectivity index (χ4n) is 3.37. The number of pyridine rings is 1.